The number of allylic oxidation sites excluding steroid dienone is 4. The molecule has 1 aliphatic rings. The van der Waals surface area contributed by atoms with Crippen LogP contribution in [0, 0.1) is 6.08 Å². The molecule has 4 rings (SSSR count). The Morgan fingerprint density at radius 1 is 0.446 bits per heavy atom. The SMILES string of the molecule is CCCCC1=[C-]CC=C1[Si](c1cc(C(C)(C)C)cc(C(C)(C)C)c1)(c1cc(C(C)(C)C)cc(C(C)(C)C)c1)c1cc(C(C)(C)C)cc(C(C)(C)C)c1.[Cl-].[Cl-].[Cl-].[Ti+4]. The molecule has 56 heavy (non-hydrogen) atoms. The van der Waals surface area contributed by atoms with Crippen LogP contribution in [0.25, 0.3) is 0 Å². The number of hydrogen-bond donors (Lipinski definition) is 0. The second-order valence-electron chi connectivity index (χ2n) is 22.2. The van der Waals surface area contributed by atoms with Gasteiger partial charge in [0.05, 0.1) is 8.07 Å². The molecule has 0 saturated carbocycles. The molecule has 0 amide bonds. The summed E-state index contributed by atoms with van der Waals surface area (Å²) >= 11 is 0. The third-order valence-corrected chi connectivity index (χ3v) is 16.2. The van der Waals surface area contributed by atoms with E-state index in [1.54, 1.807) is 5.20 Å². The summed E-state index contributed by atoms with van der Waals surface area (Å²) in [6, 6.07) is 23.5. The molecular formula is C51H75Cl3SiTi. The zero-order chi connectivity index (χ0) is 39.5. The van der Waals surface area contributed by atoms with Crippen molar-refractivity contribution in [3.63, 3.8) is 0 Å². The molecule has 0 N–H and O–H groups in total. The Morgan fingerprint density at radius 3 is 0.911 bits per heavy atom. The minimum Gasteiger partial charge on any atom is -1.00 e. The molecule has 3 aromatic rings. The zero-order valence-electron chi connectivity index (χ0n) is 38.7. The topological polar surface area (TPSA) is 0 Å². The largest absolute Gasteiger partial charge is 4.00 e. The number of rotatable bonds is 7. The van der Waals surface area contributed by atoms with Crippen LogP contribution in [0.1, 0.15) is 191 Å². The quantitative estimate of drug-likeness (QED) is 0.193. The minimum absolute atomic E-state index is 0. The van der Waals surface area contributed by atoms with E-state index in [2.05, 4.69) is 198 Å². The molecule has 0 nitrogen and oxygen atoms in total. The summed E-state index contributed by atoms with van der Waals surface area (Å²) in [5.41, 5.74) is 10.0. The van der Waals surface area contributed by atoms with Crippen molar-refractivity contribution in [2.75, 3.05) is 0 Å². The summed E-state index contributed by atoms with van der Waals surface area (Å²) in [7, 11) is -3.00. The zero-order valence-corrected chi connectivity index (χ0v) is 43.6. The van der Waals surface area contributed by atoms with E-state index in [-0.39, 0.29) is 91.4 Å². The maximum atomic E-state index is 3.98. The summed E-state index contributed by atoms with van der Waals surface area (Å²) in [6.45, 7) is 45.5. The van der Waals surface area contributed by atoms with Crippen LogP contribution in [0.2, 0.25) is 0 Å². The first-order chi connectivity index (χ1) is 23.5. The van der Waals surface area contributed by atoms with Crippen molar-refractivity contribution in [1.29, 1.82) is 0 Å². The van der Waals surface area contributed by atoms with E-state index < -0.39 is 8.07 Å². The van der Waals surface area contributed by atoms with Crippen molar-refractivity contribution in [3.8, 4) is 0 Å². The van der Waals surface area contributed by atoms with Gasteiger partial charge in [-0.3, -0.25) is 6.08 Å². The van der Waals surface area contributed by atoms with E-state index in [1.165, 1.54) is 67.4 Å². The molecule has 0 radical (unpaired) electrons. The normalized spacial score (nSPS) is 14.1. The van der Waals surface area contributed by atoms with Gasteiger partial charge in [-0.1, -0.05) is 221 Å². The summed E-state index contributed by atoms with van der Waals surface area (Å²) in [4.78, 5) is 0. The molecule has 0 atom stereocenters. The Labute approximate surface area is 380 Å². The number of halogens is 3. The molecule has 0 saturated heterocycles. The number of hydrogen-bond acceptors (Lipinski definition) is 0. The van der Waals surface area contributed by atoms with Crippen molar-refractivity contribution >= 4 is 23.6 Å². The van der Waals surface area contributed by atoms with Gasteiger partial charge >= 0.3 is 21.7 Å². The molecule has 3 aromatic carbocycles. The third kappa shape index (κ3) is 12.0. The van der Waals surface area contributed by atoms with Crippen LogP contribution in [-0.2, 0) is 54.2 Å². The van der Waals surface area contributed by atoms with Gasteiger partial charge in [0.25, 0.3) is 0 Å². The predicted octanol–water partition coefficient (Wildman–Crippen LogP) is 3.74. The van der Waals surface area contributed by atoms with Crippen LogP contribution in [0.4, 0.5) is 0 Å². The van der Waals surface area contributed by atoms with E-state index in [4.69, 9.17) is 0 Å². The van der Waals surface area contributed by atoms with Crippen molar-refractivity contribution in [2.24, 2.45) is 0 Å². The summed E-state index contributed by atoms with van der Waals surface area (Å²) < 4.78 is 0. The van der Waals surface area contributed by atoms with Crippen LogP contribution >= 0.6 is 0 Å². The van der Waals surface area contributed by atoms with Gasteiger partial charge < -0.3 is 37.2 Å². The van der Waals surface area contributed by atoms with Gasteiger partial charge in [0.1, 0.15) is 0 Å². The number of unbranched alkanes of at least 4 members (excludes halogenated alkanes) is 1. The first kappa shape index (κ1) is 54.9. The smallest absolute Gasteiger partial charge is 1.00 e. The molecule has 0 aliphatic heterocycles. The molecule has 308 valence electrons. The fourth-order valence-electron chi connectivity index (χ4n) is 7.55. The molecule has 5 heteroatoms. The van der Waals surface area contributed by atoms with Crippen LogP contribution in [0.3, 0.4) is 0 Å². The van der Waals surface area contributed by atoms with E-state index in [1.807, 2.05) is 0 Å². The van der Waals surface area contributed by atoms with Gasteiger partial charge in [0.2, 0.25) is 0 Å². The van der Waals surface area contributed by atoms with Gasteiger partial charge in [-0.25, -0.2) is 5.57 Å². The Hall–Kier alpha value is -1.06. The maximum absolute atomic E-state index is 3.98. The van der Waals surface area contributed by atoms with Gasteiger partial charge in [-0.2, -0.15) is 11.3 Å². The van der Waals surface area contributed by atoms with Crippen molar-refractivity contribution in [2.45, 2.75) is 190 Å². The molecule has 0 spiro atoms. The number of benzene rings is 3. The van der Waals surface area contributed by atoms with Gasteiger partial charge in [-0.05, 0) is 65.9 Å². The Morgan fingerprint density at radius 2 is 0.696 bits per heavy atom. The predicted molar refractivity (Wildman–Crippen MR) is 235 cm³/mol. The van der Waals surface area contributed by atoms with Crippen LogP contribution in [-0.4, -0.2) is 8.07 Å². The Kier molecular flexibility index (Phi) is 18.8. The molecule has 0 bridgehead atoms. The summed E-state index contributed by atoms with van der Waals surface area (Å²) in [5, 5.41) is 6.13. The van der Waals surface area contributed by atoms with Crippen molar-refractivity contribution in [1.82, 2.24) is 0 Å². The van der Waals surface area contributed by atoms with Crippen LogP contribution in [0.5, 0.6) is 0 Å². The first-order valence-electron chi connectivity index (χ1n) is 20.3. The second kappa shape index (κ2) is 19.1. The summed E-state index contributed by atoms with van der Waals surface area (Å²) in [5.74, 6) is 0. The average Bonchev–Trinajstić information content (AvgIpc) is 3.46. The summed E-state index contributed by atoms with van der Waals surface area (Å²) in [6.07, 6.45) is 10.9. The molecule has 1 aliphatic carbocycles. The van der Waals surface area contributed by atoms with E-state index >= 15 is 0 Å². The van der Waals surface area contributed by atoms with Gasteiger partial charge in [-0.15, -0.1) is 6.42 Å². The van der Waals surface area contributed by atoms with Gasteiger partial charge in [0.15, 0.2) is 0 Å². The second-order valence-corrected chi connectivity index (χ2v) is 26.0. The maximum Gasteiger partial charge on any atom is 4.00 e. The monoisotopic (exact) mass is 868 g/mol. The minimum atomic E-state index is -3.00. The van der Waals surface area contributed by atoms with E-state index in [0.717, 1.165) is 12.8 Å². The molecule has 0 unspecified atom stereocenters. The molecule has 0 fully saturated rings. The van der Waals surface area contributed by atoms with E-state index in [0.29, 0.717) is 0 Å². The van der Waals surface area contributed by atoms with Crippen molar-refractivity contribution in [3.05, 3.63) is 111 Å². The first-order valence-corrected chi connectivity index (χ1v) is 22.3. The van der Waals surface area contributed by atoms with E-state index in [9.17, 15) is 0 Å². The molecule has 0 aromatic heterocycles. The molecular weight excluding hydrogens is 795 g/mol. The van der Waals surface area contributed by atoms with Crippen LogP contribution in [0.15, 0.2) is 71.4 Å². The van der Waals surface area contributed by atoms with Crippen LogP contribution < -0.4 is 52.8 Å². The molecule has 0 heterocycles. The third-order valence-electron chi connectivity index (χ3n) is 11.4. The standard InChI is InChI=1S/C51H75Si.3ClH.Ti/c1-20-21-23-35-24-22-25-45(35)52(42-29-36(46(2,3)4)26-37(30-42)47(5,6)7,43-31-38(48(8,9)10)27-39(32-43)49(11,12)13)44-33-40(50(14,15)16)28-41(34-44)51(17,18)19;;;;/h25-34H,20-23H2,1-19H3;3*1H;/q-1;;;;+4/p-3. The van der Waals surface area contributed by atoms with Crippen molar-refractivity contribution < 1.29 is 58.9 Å². The Balaban J connectivity index is 0.00000756. The van der Waals surface area contributed by atoms with Gasteiger partial charge in [0, 0.05) is 0 Å². The fraction of sp³-hybridized carbons (Fsp3) is 0.569. The fourth-order valence-corrected chi connectivity index (χ4v) is 12.8. The Bertz CT molecular complexity index is 1560. The average molecular weight is 870 g/mol.